The minimum Gasteiger partial charge on any atom is -0.318 e. The number of hydrogen-bond donors (Lipinski definition) is 2. The van der Waals surface area contributed by atoms with Crippen molar-refractivity contribution in [2.75, 3.05) is 5.32 Å². The molecule has 0 radical (unpaired) electrons. The summed E-state index contributed by atoms with van der Waals surface area (Å²) in [5.74, 6) is 0. The summed E-state index contributed by atoms with van der Waals surface area (Å²) in [7, 11) is 0. The van der Waals surface area contributed by atoms with E-state index in [2.05, 4.69) is 0 Å². The van der Waals surface area contributed by atoms with Crippen LogP contribution in [0, 0.1) is 20.8 Å². The molecule has 0 spiro atoms. The zero-order valence-electron chi connectivity index (χ0n) is 11.9. The Kier molecular flexibility index (Phi) is 4.99. The van der Waals surface area contributed by atoms with Crippen LogP contribution in [0.25, 0.3) is 0 Å². The number of nitrogens with one attached hydrogen (secondary N) is 2. The second-order valence-electron chi connectivity index (χ2n) is 4.85. The number of amides is 2. The topological polar surface area (TPSA) is 41.1 Å². The molecule has 0 saturated heterocycles. The number of carbonyl (C=O) groups excluding carboxylic acids is 1. The fourth-order valence-electron chi connectivity index (χ4n) is 1.76. The van der Waals surface area contributed by atoms with E-state index in [9.17, 15) is 31.1 Å². The smallest absolute Gasteiger partial charge is 0.318 e. The van der Waals surface area contributed by atoms with Gasteiger partial charge in [-0.05, 0) is 49.6 Å². The van der Waals surface area contributed by atoms with Crippen molar-refractivity contribution < 1.29 is 31.1 Å². The molecule has 2 N–H and O–H groups in total. The Morgan fingerprint density at radius 3 is 1.73 bits per heavy atom. The standard InChI is InChI=1S/C13H14F6N2O/c1-6-4-9(5-7(2)8(6)3)20-11(22)21-10(12(14,15)16)13(17,18)19/h4-5,10H,1-3H3,(H2,20,21,22). The van der Waals surface area contributed by atoms with Crippen molar-refractivity contribution in [1.82, 2.24) is 5.32 Å². The zero-order chi connectivity index (χ0) is 17.3. The molecule has 0 aliphatic rings. The Hall–Kier alpha value is -1.93. The molecule has 0 aliphatic carbocycles. The molecule has 0 atom stereocenters. The highest BCUT2D eigenvalue weighted by Crippen LogP contribution is 2.33. The molecule has 0 bridgehead atoms. The van der Waals surface area contributed by atoms with Crippen LogP contribution >= 0.6 is 0 Å². The predicted octanol–water partition coefficient (Wildman–Crippen LogP) is 4.23. The molecule has 124 valence electrons. The predicted molar refractivity (Wildman–Crippen MR) is 68.7 cm³/mol. The van der Waals surface area contributed by atoms with Crippen LogP contribution in [0.1, 0.15) is 16.7 Å². The monoisotopic (exact) mass is 328 g/mol. The molecule has 3 nitrogen and oxygen atoms in total. The van der Waals surface area contributed by atoms with Crippen LogP contribution in [-0.2, 0) is 0 Å². The van der Waals surface area contributed by atoms with E-state index in [0.29, 0.717) is 0 Å². The molecule has 9 heteroatoms. The van der Waals surface area contributed by atoms with Gasteiger partial charge in [0, 0.05) is 5.69 Å². The van der Waals surface area contributed by atoms with Crippen molar-refractivity contribution in [3.05, 3.63) is 28.8 Å². The SMILES string of the molecule is Cc1cc(NC(=O)NC(C(F)(F)F)C(F)(F)F)cc(C)c1C. The summed E-state index contributed by atoms with van der Waals surface area (Å²) in [6.07, 6.45) is -11.3. The maximum atomic E-state index is 12.3. The first-order valence-corrected chi connectivity index (χ1v) is 6.11. The van der Waals surface area contributed by atoms with Gasteiger partial charge in [0.15, 0.2) is 0 Å². The highest BCUT2D eigenvalue weighted by atomic mass is 19.4. The van der Waals surface area contributed by atoms with E-state index in [1.165, 1.54) is 12.1 Å². The zero-order valence-corrected chi connectivity index (χ0v) is 11.9. The number of hydrogen-bond acceptors (Lipinski definition) is 1. The van der Waals surface area contributed by atoms with Gasteiger partial charge in [0.1, 0.15) is 0 Å². The van der Waals surface area contributed by atoms with Crippen molar-refractivity contribution in [3.8, 4) is 0 Å². The third kappa shape index (κ3) is 4.54. The first-order valence-electron chi connectivity index (χ1n) is 6.11. The summed E-state index contributed by atoms with van der Waals surface area (Å²) in [6.45, 7) is 5.22. The number of urea groups is 1. The summed E-state index contributed by atoms with van der Waals surface area (Å²) < 4.78 is 74.0. The van der Waals surface area contributed by atoms with Gasteiger partial charge in [-0.3, -0.25) is 0 Å². The Morgan fingerprint density at radius 1 is 0.955 bits per heavy atom. The lowest BCUT2D eigenvalue weighted by molar-refractivity contribution is -0.255. The van der Waals surface area contributed by atoms with Crippen molar-refractivity contribution in [1.29, 1.82) is 0 Å². The highest BCUT2D eigenvalue weighted by Gasteiger charge is 2.57. The molecular weight excluding hydrogens is 314 g/mol. The summed E-state index contributed by atoms with van der Waals surface area (Å²) in [5.41, 5.74) is 2.52. The third-order valence-electron chi connectivity index (χ3n) is 3.11. The fourth-order valence-corrected chi connectivity index (χ4v) is 1.76. The van der Waals surface area contributed by atoms with Crippen LogP contribution in [0.15, 0.2) is 12.1 Å². The van der Waals surface area contributed by atoms with Crippen LogP contribution in [0.3, 0.4) is 0 Å². The van der Waals surface area contributed by atoms with Crippen LogP contribution in [0.2, 0.25) is 0 Å². The van der Waals surface area contributed by atoms with Gasteiger partial charge in [-0.2, -0.15) is 26.3 Å². The Balaban J connectivity index is 2.89. The number of aryl methyl sites for hydroxylation is 2. The highest BCUT2D eigenvalue weighted by molar-refractivity contribution is 5.89. The molecule has 0 aliphatic heterocycles. The third-order valence-corrected chi connectivity index (χ3v) is 3.11. The van der Waals surface area contributed by atoms with Gasteiger partial charge in [0.2, 0.25) is 6.04 Å². The molecule has 0 fully saturated rings. The van der Waals surface area contributed by atoms with Crippen LogP contribution in [0.4, 0.5) is 36.8 Å². The maximum Gasteiger partial charge on any atom is 0.417 e. The number of benzene rings is 1. The van der Waals surface area contributed by atoms with Crippen molar-refractivity contribution in [3.63, 3.8) is 0 Å². The largest absolute Gasteiger partial charge is 0.417 e. The summed E-state index contributed by atoms with van der Waals surface area (Å²) in [4.78, 5) is 11.4. The summed E-state index contributed by atoms with van der Waals surface area (Å²) >= 11 is 0. The van der Waals surface area contributed by atoms with Crippen LogP contribution in [0.5, 0.6) is 0 Å². The van der Waals surface area contributed by atoms with E-state index in [1.54, 1.807) is 20.8 Å². The van der Waals surface area contributed by atoms with E-state index in [-0.39, 0.29) is 5.69 Å². The molecular formula is C13H14F6N2O. The van der Waals surface area contributed by atoms with E-state index >= 15 is 0 Å². The molecule has 22 heavy (non-hydrogen) atoms. The Morgan fingerprint density at radius 2 is 1.36 bits per heavy atom. The van der Waals surface area contributed by atoms with Gasteiger partial charge < -0.3 is 10.6 Å². The van der Waals surface area contributed by atoms with E-state index in [0.717, 1.165) is 22.0 Å². The minimum atomic E-state index is -5.63. The quantitative estimate of drug-likeness (QED) is 0.784. The normalized spacial score (nSPS) is 12.5. The molecule has 1 aromatic carbocycles. The van der Waals surface area contributed by atoms with E-state index in [4.69, 9.17) is 0 Å². The lowest BCUT2D eigenvalue weighted by Crippen LogP contribution is -2.55. The second-order valence-corrected chi connectivity index (χ2v) is 4.85. The lowest BCUT2D eigenvalue weighted by atomic mass is 10.0. The second kappa shape index (κ2) is 6.05. The lowest BCUT2D eigenvalue weighted by Gasteiger charge is -2.24. The average Bonchev–Trinajstić information content (AvgIpc) is 2.30. The van der Waals surface area contributed by atoms with Gasteiger partial charge in [0.25, 0.3) is 0 Å². The summed E-state index contributed by atoms with van der Waals surface area (Å²) in [5, 5.41) is 2.87. The average molecular weight is 328 g/mol. The number of alkyl halides is 6. The number of rotatable bonds is 2. The van der Waals surface area contributed by atoms with Gasteiger partial charge in [0.05, 0.1) is 0 Å². The van der Waals surface area contributed by atoms with Crippen LogP contribution in [-0.4, -0.2) is 24.4 Å². The molecule has 1 aromatic rings. The molecule has 0 aromatic heterocycles. The van der Waals surface area contributed by atoms with Crippen molar-refractivity contribution in [2.24, 2.45) is 0 Å². The van der Waals surface area contributed by atoms with Crippen LogP contribution < -0.4 is 10.6 Å². The molecule has 0 heterocycles. The summed E-state index contributed by atoms with van der Waals surface area (Å²) in [6, 6.07) is -2.59. The number of halogens is 6. The van der Waals surface area contributed by atoms with Gasteiger partial charge in [-0.15, -0.1) is 0 Å². The Bertz CT molecular complexity index is 528. The first-order chi connectivity index (χ1) is 9.82. The minimum absolute atomic E-state index is 0.112. The number of carbonyl (C=O) groups is 1. The van der Waals surface area contributed by atoms with E-state index < -0.39 is 24.4 Å². The van der Waals surface area contributed by atoms with Crippen molar-refractivity contribution >= 4 is 11.7 Å². The van der Waals surface area contributed by atoms with Gasteiger partial charge in [-0.25, -0.2) is 4.79 Å². The van der Waals surface area contributed by atoms with Gasteiger partial charge in [-0.1, -0.05) is 0 Å². The fraction of sp³-hybridized carbons (Fsp3) is 0.462. The molecule has 0 unspecified atom stereocenters. The van der Waals surface area contributed by atoms with Crippen molar-refractivity contribution in [2.45, 2.75) is 39.2 Å². The van der Waals surface area contributed by atoms with E-state index in [1.807, 2.05) is 5.32 Å². The maximum absolute atomic E-state index is 12.3. The first kappa shape index (κ1) is 18.1. The number of anilines is 1. The molecule has 2 amide bonds. The molecule has 1 rings (SSSR count). The Labute approximate surface area is 122 Å². The molecule has 0 saturated carbocycles. The van der Waals surface area contributed by atoms with Gasteiger partial charge >= 0.3 is 18.4 Å².